The summed E-state index contributed by atoms with van der Waals surface area (Å²) in [5.74, 6) is -0.203. The van der Waals surface area contributed by atoms with Gasteiger partial charge in [0.2, 0.25) is 0 Å². The van der Waals surface area contributed by atoms with Gasteiger partial charge in [-0.3, -0.25) is 4.79 Å². The number of nitrogens with one attached hydrogen (secondary N) is 1. The number of fused-ring (bicyclic) bond motifs is 1. The Kier molecular flexibility index (Phi) is 5.76. The molecule has 0 unspecified atom stereocenters. The third kappa shape index (κ3) is 4.18. The Labute approximate surface area is 190 Å². The average Bonchev–Trinajstić information content (AvgIpc) is 3.43. The van der Waals surface area contributed by atoms with E-state index in [2.05, 4.69) is 14.9 Å². The van der Waals surface area contributed by atoms with Gasteiger partial charge in [-0.2, -0.15) is 0 Å². The van der Waals surface area contributed by atoms with Crippen LogP contribution in [0.15, 0.2) is 54.7 Å². The first kappa shape index (κ1) is 20.8. The second-order valence-electron chi connectivity index (χ2n) is 8.32. The average molecular weight is 449 g/mol. The van der Waals surface area contributed by atoms with Gasteiger partial charge >= 0.3 is 0 Å². The first-order valence-corrected chi connectivity index (χ1v) is 11.7. The molecule has 0 spiro atoms. The summed E-state index contributed by atoms with van der Waals surface area (Å²) in [6, 6.07) is 14.9. The van der Waals surface area contributed by atoms with Crippen molar-refractivity contribution in [2.75, 3.05) is 19.6 Å². The molecule has 2 aromatic heterocycles. The number of aromatic amines is 1. The Hall–Kier alpha value is -3.03. The number of carbonyl (C=O) groups excluding carboxylic acids is 1. The lowest BCUT2D eigenvalue weighted by molar-refractivity contribution is 0.1000. The minimum atomic E-state index is -0.474. The highest BCUT2D eigenvalue weighted by Crippen LogP contribution is 2.34. The summed E-state index contributed by atoms with van der Waals surface area (Å²) in [5, 5.41) is 1.49. The van der Waals surface area contributed by atoms with E-state index in [1.807, 2.05) is 42.6 Å². The minimum Gasteiger partial charge on any atom is -0.364 e. The van der Waals surface area contributed by atoms with Gasteiger partial charge in [-0.15, -0.1) is 11.3 Å². The van der Waals surface area contributed by atoms with Crippen LogP contribution in [0.25, 0.3) is 22.2 Å². The molecular formula is C25H25FN4OS. The molecule has 1 fully saturated rings. The number of rotatable bonds is 6. The normalized spacial score (nSPS) is 15.4. The van der Waals surface area contributed by atoms with Gasteiger partial charge in [0.25, 0.3) is 5.91 Å². The number of halogens is 1. The Morgan fingerprint density at radius 3 is 2.72 bits per heavy atom. The van der Waals surface area contributed by atoms with Crippen molar-refractivity contribution in [3.05, 3.63) is 76.0 Å². The van der Waals surface area contributed by atoms with Gasteiger partial charge in [0.1, 0.15) is 5.82 Å². The van der Waals surface area contributed by atoms with Gasteiger partial charge < -0.3 is 15.6 Å². The van der Waals surface area contributed by atoms with Crippen molar-refractivity contribution in [3.63, 3.8) is 0 Å². The number of hydrogen-bond donors (Lipinski definition) is 2. The maximum Gasteiger partial charge on any atom is 0.277 e. The molecule has 0 saturated carbocycles. The maximum atomic E-state index is 13.5. The Balaban J connectivity index is 1.25. The van der Waals surface area contributed by atoms with E-state index in [1.54, 1.807) is 6.07 Å². The number of benzene rings is 2. The van der Waals surface area contributed by atoms with Crippen LogP contribution in [0.4, 0.5) is 4.39 Å². The zero-order valence-electron chi connectivity index (χ0n) is 17.7. The van der Waals surface area contributed by atoms with Crippen LogP contribution in [0.2, 0.25) is 0 Å². The Morgan fingerprint density at radius 2 is 1.97 bits per heavy atom. The Morgan fingerprint density at radius 1 is 1.19 bits per heavy atom. The van der Waals surface area contributed by atoms with Crippen LogP contribution in [-0.4, -0.2) is 40.4 Å². The van der Waals surface area contributed by atoms with Gasteiger partial charge in [0.15, 0.2) is 5.01 Å². The van der Waals surface area contributed by atoms with Gasteiger partial charge in [-0.25, -0.2) is 9.37 Å². The Bertz CT molecular complexity index is 1240. The molecule has 3 heterocycles. The first-order chi connectivity index (χ1) is 15.6. The van der Waals surface area contributed by atoms with Crippen molar-refractivity contribution >= 4 is 28.1 Å². The van der Waals surface area contributed by atoms with Crippen LogP contribution < -0.4 is 5.73 Å². The third-order valence-corrected chi connectivity index (χ3v) is 7.44. The van der Waals surface area contributed by atoms with Gasteiger partial charge in [-0.1, -0.05) is 30.3 Å². The fraction of sp³-hybridized carbons (Fsp3) is 0.280. The van der Waals surface area contributed by atoms with Crippen molar-refractivity contribution < 1.29 is 9.18 Å². The number of amides is 1. The quantitative estimate of drug-likeness (QED) is 0.438. The number of primary amides is 1. The SMILES string of the molecule is NC(=O)c1nc(-c2ccccc2)c(CCN2CCC(c3c[nH]c4cc(F)ccc34)CC2)s1. The third-order valence-electron chi connectivity index (χ3n) is 6.31. The van der Waals surface area contributed by atoms with Crippen LogP contribution in [-0.2, 0) is 6.42 Å². The van der Waals surface area contributed by atoms with Crippen LogP contribution in [0.3, 0.4) is 0 Å². The highest BCUT2D eigenvalue weighted by molar-refractivity contribution is 7.14. The van der Waals surface area contributed by atoms with Crippen molar-refractivity contribution in [3.8, 4) is 11.3 Å². The lowest BCUT2D eigenvalue weighted by Gasteiger charge is -2.31. The zero-order valence-corrected chi connectivity index (χ0v) is 18.5. The van der Waals surface area contributed by atoms with E-state index in [4.69, 9.17) is 5.73 Å². The molecule has 5 rings (SSSR count). The van der Waals surface area contributed by atoms with Crippen molar-refractivity contribution in [1.82, 2.24) is 14.9 Å². The predicted molar refractivity (Wildman–Crippen MR) is 126 cm³/mol. The molecule has 164 valence electrons. The van der Waals surface area contributed by atoms with Crippen LogP contribution in [0.5, 0.6) is 0 Å². The summed E-state index contributed by atoms with van der Waals surface area (Å²) in [6.07, 6.45) is 5.03. The number of hydrogen-bond acceptors (Lipinski definition) is 4. The number of likely N-dealkylation sites (tertiary alicyclic amines) is 1. The second-order valence-corrected chi connectivity index (χ2v) is 9.40. The number of carbonyl (C=O) groups is 1. The van der Waals surface area contributed by atoms with E-state index in [-0.39, 0.29) is 5.82 Å². The summed E-state index contributed by atoms with van der Waals surface area (Å²) in [7, 11) is 0. The molecule has 0 bridgehead atoms. The van der Waals surface area contributed by atoms with E-state index < -0.39 is 5.91 Å². The zero-order chi connectivity index (χ0) is 22.1. The van der Waals surface area contributed by atoms with Gasteiger partial charge in [0.05, 0.1) is 5.69 Å². The molecule has 5 nitrogen and oxygen atoms in total. The topological polar surface area (TPSA) is 75.0 Å². The number of thiazole rings is 1. The molecule has 1 saturated heterocycles. The number of H-pyrrole nitrogens is 1. The molecule has 0 atom stereocenters. The fourth-order valence-electron chi connectivity index (χ4n) is 4.63. The van der Waals surface area contributed by atoms with E-state index in [0.717, 1.165) is 65.9 Å². The van der Waals surface area contributed by atoms with Gasteiger partial charge in [0, 0.05) is 34.1 Å². The highest BCUT2D eigenvalue weighted by atomic mass is 32.1. The molecule has 7 heteroatoms. The van der Waals surface area contributed by atoms with E-state index >= 15 is 0 Å². The minimum absolute atomic E-state index is 0.210. The fourth-order valence-corrected chi connectivity index (χ4v) is 5.56. The summed E-state index contributed by atoms with van der Waals surface area (Å²) in [4.78, 5) is 23.0. The molecule has 1 amide bonds. The summed E-state index contributed by atoms with van der Waals surface area (Å²) < 4.78 is 13.5. The van der Waals surface area contributed by atoms with Gasteiger partial charge in [-0.05, 0) is 62.0 Å². The molecule has 2 aromatic carbocycles. The monoisotopic (exact) mass is 448 g/mol. The molecule has 32 heavy (non-hydrogen) atoms. The van der Waals surface area contributed by atoms with Crippen LogP contribution >= 0.6 is 11.3 Å². The predicted octanol–water partition coefficient (Wildman–Crippen LogP) is 4.95. The van der Waals surface area contributed by atoms with E-state index in [9.17, 15) is 9.18 Å². The summed E-state index contributed by atoms with van der Waals surface area (Å²) >= 11 is 1.41. The van der Waals surface area contributed by atoms with Crippen molar-refractivity contribution in [2.24, 2.45) is 5.73 Å². The van der Waals surface area contributed by atoms with E-state index in [1.165, 1.54) is 23.0 Å². The molecule has 1 aliphatic rings. The second kappa shape index (κ2) is 8.84. The molecule has 0 radical (unpaired) electrons. The first-order valence-electron chi connectivity index (χ1n) is 10.9. The molecule has 4 aromatic rings. The van der Waals surface area contributed by atoms with Crippen molar-refractivity contribution in [1.29, 1.82) is 0 Å². The van der Waals surface area contributed by atoms with Crippen molar-refractivity contribution in [2.45, 2.75) is 25.2 Å². The van der Waals surface area contributed by atoms with Crippen LogP contribution in [0.1, 0.15) is 39.0 Å². The maximum absolute atomic E-state index is 13.5. The lowest BCUT2D eigenvalue weighted by atomic mass is 9.89. The number of piperidine rings is 1. The highest BCUT2D eigenvalue weighted by Gasteiger charge is 2.24. The standard InChI is InChI=1S/C25H25FN4OS/c26-18-6-7-19-20(15-28-21(19)14-18)16-8-11-30(12-9-16)13-10-22-23(17-4-2-1-3-5-17)29-25(32-22)24(27)31/h1-7,14-16,28H,8-13H2,(H2,27,31). The summed E-state index contributed by atoms with van der Waals surface area (Å²) in [5.41, 5.74) is 9.54. The largest absolute Gasteiger partial charge is 0.364 e. The number of aromatic nitrogens is 2. The smallest absolute Gasteiger partial charge is 0.277 e. The molecule has 3 N–H and O–H groups in total. The van der Waals surface area contributed by atoms with Crippen LogP contribution in [0, 0.1) is 5.82 Å². The lowest BCUT2D eigenvalue weighted by Crippen LogP contribution is -2.34. The molecule has 1 aliphatic heterocycles. The summed E-state index contributed by atoms with van der Waals surface area (Å²) in [6.45, 7) is 2.95. The molecular weight excluding hydrogens is 423 g/mol. The van der Waals surface area contributed by atoms with E-state index in [0.29, 0.717) is 10.9 Å². The number of nitrogens with zero attached hydrogens (tertiary/aromatic N) is 2. The number of nitrogens with two attached hydrogens (primary N) is 1. The molecule has 0 aliphatic carbocycles.